The summed E-state index contributed by atoms with van der Waals surface area (Å²) in [5, 5.41) is 2.71. The van der Waals surface area contributed by atoms with Gasteiger partial charge in [-0.05, 0) is 13.0 Å². The molecule has 0 spiro atoms. The van der Waals surface area contributed by atoms with Gasteiger partial charge in [0, 0.05) is 6.54 Å². The van der Waals surface area contributed by atoms with Gasteiger partial charge in [0.25, 0.3) is 5.91 Å². The standard InChI is InChI=1S/C11H15NO3/c1-9(2)7-15-6-4-12-11(13)10-3-5-14-8-10/h3,5,8H,1,4,6-7H2,2H3,(H,12,13). The Morgan fingerprint density at radius 1 is 1.67 bits per heavy atom. The molecule has 4 nitrogen and oxygen atoms in total. The minimum absolute atomic E-state index is 0.150. The SMILES string of the molecule is C=C(C)COCCNC(=O)c1ccoc1. The molecule has 0 bridgehead atoms. The number of hydrogen-bond donors (Lipinski definition) is 1. The molecule has 0 aromatic carbocycles. The lowest BCUT2D eigenvalue weighted by Crippen LogP contribution is -2.27. The summed E-state index contributed by atoms with van der Waals surface area (Å²) >= 11 is 0. The number of amides is 1. The lowest BCUT2D eigenvalue weighted by atomic mass is 10.3. The molecule has 4 heteroatoms. The summed E-state index contributed by atoms with van der Waals surface area (Å²) in [6, 6.07) is 1.62. The van der Waals surface area contributed by atoms with Crippen molar-refractivity contribution in [3.05, 3.63) is 36.3 Å². The smallest absolute Gasteiger partial charge is 0.254 e. The van der Waals surface area contributed by atoms with Crippen LogP contribution in [0.2, 0.25) is 0 Å². The van der Waals surface area contributed by atoms with Crippen molar-refractivity contribution in [2.24, 2.45) is 0 Å². The van der Waals surface area contributed by atoms with E-state index in [4.69, 9.17) is 9.15 Å². The highest BCUT2D eigenvalue weighted by atomic mass is 16.5. The summed E-state index contributed by atoms with van der Waals surface area (Å²) in [5.41, 5.74) is 1.49. The van der Waals surface area contributed by atoms with Crippen molar-refractivity contribution in [3.63, 3.8) is 0 Å². The van der Waals surface area contributed by atoms with E-state index in [0.717, 1.165) is 5.57 Å². The molecule has 0 aliphatic rings. The molecule has 82 valence electrons. The van der Waals surface area contributed by atoms with E-state index in [1.165, 1.54) is 12.5 Å². The van der Waals surface area contributed by atoms with Gasteiger partial charge in [0.2, 0.25) is 0 Å². The van der Waals surface area contributed by atoms with Crippen molar-refractivity contribution in [2.45, 2.75) is 6.92 Å². The van der Waals surface area contributed by atoms with Gasteiger partial charge in [-0.3, -0.25) is 4.79 Å². The van der Waals surface area contributed by atoms with Crippen molar-refractivity contribution in [3.8, 4) is 0 Å². The van der Waals surface area contributed by atoms with E-state index >= 15 is 0 Å². The Balaban J connectivity index is 2.10. The average molecular weight is 209 g/mol. The molecule has 1 aromatic heterocycles. The minimum atomic E-state index is -0.150. The van der Waals surface area contributed by atoms with Crippen LogP contribution in [0, 0.1) is 0 Å². The molecule has 1 N–H and O–H groups in total. The van der Waals surface area contributed by atoms with Crippen molar-refractivity contribution in [1.82, 2.24) is 5.32 Å². The Hall–Kier alpha value is -1.55. The Morgan fingerprint density at radius 3 is 3.07 bits per heavy atom. The Kier molecular flexibility index (Phi) is 4.63. The van der Waals surface area contributed by atoms with Gasteiger partial charge in [-0.25, -0.2) is 0 Å². The van der Waals surface area contributed by atoms with Gasteiger partial charge in [0.15, 0.2) is 0 Å². The molecule has 0 unspecified atom stereocenters. The number of rotatable bonds is 6. The van der Waals surface area contributed by atoms with Gasteiger partial charge in [-0.15, -0.1) is 0 Å². The molecule has 1 aromatic rings. The van der Waals surface area contributed by atoms with Gasteiger partial charge < -0.3 is 14.5 Å². The maximum atomic E-state index is 11.4. The maximum Gasteiger partial charge on any atom is 0.254 e. The summed E-state index contributed by atoms with van der Waals surface area (Å²) in [6.07, 6.45) is 2.87. The van der Waals surface area contributed by atoms with E-state index < -0.39 is 0 Å². The summed E-state index contributed by atoms with van der Waals surface area (Å²) in [5.74, 6) is -0.150. The molecule has 0 saturated carbocycles. The number of ether oxygens (including phenoxy) is 1. The van der Waals surface area contributed by atoms with Gasteiger partial charge >= 0.3 is 0 Å². The van der Waals surface area contributed by atoms with E-state index in [1.54, 1.807) is 6.07 Å². The highest BCUT2D eigenvalue weighted by Crippen LogP contribution is 1.98. The molecule has 0 fully saturated rings. The highest BCUT2D eigenvalue weighted by molar-refractivity contribution is 5.93. The number of carbonyl (C=O) groups excluding carboxylic acids is 1. The van der Waals surface area contributed by atoms with Crippen LogP contribution in [0.4, 0.5) is 0 Å². The first-order chi connectivity index (χ1) is 7.20. The Labute approximate surface area is 88.9 Å². The molecule has 0 saturated heterocycles. The predicted octanol–water partition coefficient (Wildman–Crippen LogP) is 1.60. The van der Waals surface area contributed by atoms with Crippen LogP contribution in [0.25, 0.3) is 0 Å². The van der Waals surface area contributed by atoms with Crippen LogP contribution in [-0.2, 0) is 4.74 Å². The lowest BCUT2D eigenvalue weighted by molar-refractivity contribution is 0.0926. The topological polar surface area (TPSA) is 51.5 Å². The molecular weight excluding hydrogens is 194 g/mol. The Morgan fingerprint density at radius 2 is 2.47 bits per heavy atom. The van der Waals surface area contributed by atoms with Crippen LogP contribution in [0.15, 0.2) is 35.2 Å². The number of nitrogens with one attached hydrogen (secondary N) is 1. The molecule has 0 aliphatic heterocycles. The van der Waals surface area contributed by atoms with Crippen LogP contribution >= 0.6 is 0 Å². The van der Waals surface area contributed by atoms with E-state index in [1.807, 2.05) is 6.92 Å². The first-order valence-electron chi connectivity index (χ1n) is 4.72. The van der Waals surface area contributed by atoms with E-state index in [0.29, 0.717) is 25.3 Å². The van der Waals surface area contributed by atoms with Gasteiger partial charge in [0.1, 0.15) is 6.26 Å². The fraction of sp³-hybridized carbons (Fsp3) is 0.364. The van der Waals surface area contributed by atoms with E-state index in [-0.39, 0.29) is 5.91 Å². The molecular formula is C11H15NO3. The minimum Gasteiger partial charge on any atom is -0.472 e. The lowest BCUT2D eigenvalue weighted by Gasteiger charge is -2.04. The summed E-state index contributed by atoms with van der Waals surface area (Å²) in [7, 11) is 0. The monoisotopic (exact) mass is 209 g/mol. The van der Waals surface area contributed by atoms with E-state index in [9.17, 15) is 4.79 Å². The summed E-state index contributed by atoms with van der Waals surface area (Å²) in [6.45, 7) is 7.09. The van der Waals surface area contributed by atoms with Crippen LogP contribution < -0.4 is 5.32 Å². The van der Waals surface area contributed by atoms with Gasteiger partial charge in [-0.1, -0.05) is 12.2 Å². The number of hydrogen-bond acceptors (Lipinski definition) is 3. The second kappa shape index (κ2) is 6.03. The van der Waals surface area contributed by atoms with Crippen molar-refractivity contribution < 1.29 is 13.9 Å². The van der Waals surface area contributed by atoms with Crippen LogP contribution in [0.1, 0.15) is 17.3 Å². The number of carbonyl (C=O) groups is 1. The van der Waals surface area contributed by atoms with Crippen molar-refractivity contribution in [2.75, 3.05) is 19.8 Å². The molecule has 0 aliphatic carbocycles. The maximum absolute atomic E-state index is 11.4. The first-order valence-corrected chi connectivity index (χ1v) is 4.72. The third-order valence-electron chi connectivity index (χ3n) is 1.66. The zero-order chi connectivity index (χ0) is 11.1. The van der Waals surface area contributed by atoms with Crippen molar-refractivity contribution in [1.29, 1.82) is 0 Å². The molecule has 0 radical (unpaired) electrons. The Bertz CT molecular complexity index is 317. The second-order valence-electron chi connectivity index (χ2n) is 3.28. The largest absolute Gasteiger partial charge is 0.472 e. The third-order valence-corrected chi connectivity index (χ3v) is 1.66. The summed E-state index contributed by atoms with van der Waals surface area (Å²) in [4.78, 5) is 11.4. The van der Waals surface area contributed by atoms with Crippen LogP contribution in [0.5, 0.6) is 0 Å². The zero-order valence-electron chi connectivity index (χ0n) is 8.79. The van der Waals surface area contributed by atoms with Gasteiger partial charge in [0.05, 0.1) is 25.0 Å². The fourth-order valence-electron chi connectivity index (χ4n) is 0.979. The van der Waals surface area contributed by atoms with E-state index in [2.05, 4.69) is 11.9 Å². The molecule has 1 amide bonds. The van der Waals surface area contributed by atoms with Crippen LogP contribution in [-0.4, -0.2) is 25.7 Å². The average Bonchev–Trinajstić information content (AvgIpc) is 2.69. The number of furan rings is 1. The first kappa shape index (κ1) is 11.5. The normalized spacial score (nSPS) is 9.93. The quantitative estimate of drug-likeness (QED) is 0.572. The fourth-order valence-corrected chi connectivity index (χ4v) is 0.979. The molecule has 1 heterocycles. The predicted molar refractivity (Wildman–Crippen MR) is 56.7 cm³/mol. The van der Waals surface area contributed by atoms with Crippen molar-refractivity contribution >= 4 is 5.91 Å². The molecule has 0 atom stereocenters. The molecule has 15 heavy (non-hydrogen) atoms. The highest BCUT2D eigenvalue weighted by Gasteiger charge is 2.04. The molecule has 1 rings (SSSR count). The van der Waals surface area contributed by atoms with Gasteiger partial charge in [-0.2, -0.15) is 0 Å². The van der Waals surface area contributed by atoms with Crippen LogP contribution in [0.3, 0.4) is 0 Å². The third kappa shape index (κ3) is 4.46. The zero-order valence-corrected chi connectivity index (χ0v) is 8.79. The second-order valence-corrected chi connectivity index (χ2v) is 3.28. The summed E-state index contributed by atoms with van der Waals surface area (Å²) < 4.78 is 10.0.